The van der Waals surface area contributed by atoms with Gasteiger partial charge < -0.3 is 10.0 Å². The maximum atomic E-state index is 9.46. The molecule has 2 fully saturated rings. The fraction of sp³-hybridized carbons (Fsp3) is 0.667. The van der Waals surface area contributed by atoms with E-state index >= 15 is 0 Å². The molecule has 5 heteroatoms. The third-order valence-corrected chi connectivity index (χ3v) is 4.99. The van der Waals surface area contributed by atoms with Gasteiger partial charge in [-0.25, -0.2) is 0 Å². The molecule has 1 aromatic heterocycles. The van der Waals surface area contributed by atoms with Crippen LogP contribution in [-0.2, 0) is 0 Å². The Morgan fingerprint density at radius 2 is 2.00 bits per heavy atom. The van der Waals surface area contributed by atoms with Crippen LogP contribution in [-0.4, -0.2) is 53.3 Å². The average Bonchev–Trinajstić information content (AvgIpc) is 3.08. The Hall–Kier alpha value is -0.650. The van der Waals surface area contributed by atoms with E-state index in [-0.39, 0.29) is 0 Å². The summed E-state index contributed by atoms with van der Waals surface area (Å²) in [5.41, 5.74) is 1.21. The molecule has 0 unspecified atom stereocenters. The number of anilines is 1. The molecule has 0 bridgehead atoms. The number of halogens is 1. The lowest BCUT2D eigenvalue weighted by Crippen LogP contribution is -2.43. The second kappa shape index (κ2) is 6.41. The smallest absolute Gasteiger partial charge is 0.0586 e. The van der Waals surface area contributed by atoms with Crippen LogP contribution < -0.4 is 4.90 Å². The molecule has 1 N–H and O–H groups in total. The number of aliphatic hydroxyl groups excluding tert-OH is 1. The van der Waals surface area contributed by atoms with E-state index in [2.05, 4.69) is 36.8 Å². The number of aliphatic hydroxyl groups is 1. The number of rotatable bonds is 4. The fourth-order valence-corrected chi connectivity index (χ4v) is 3.89. The predicted octanol–water partition coefficient (Wildman–Crippen LogP) is 2.27. The third kappa shape index (κ3) is 3.00. The van der Waals surface area contributed by atoms with Crippen molar-refractivity contribution in [2.75, 3.05) is 31.1 Å². The van der Waals surface area contributed by atoms with Crippen LogP contribution in [0.3, 0.4) is 0 Å². The first-order valence-corrected chi connectivity index (χ1v) is 8.29. The molecule has 20 heavy (non-hydrogen) atoms. The summed E-state index contributed by atoms with van der Waals surface area (Å²) >= 11 is 3.51. The van der Waals surface area contributed by atoms with E-state index in [4.69, 9.17) is 0 Å². The van der Waals surface area contributed by atoms with Crippen molar-refractivity contribution in [1.82, 2.24) is 9.88 Å². The molecule has 0 saturated carbocycles. The van der Waals surface area contributed by atoms with Crippen molar-refractivity contribution >= 4 is 21.6 Å². The predicted molar refractivity (Wildman–Crippen MR) is 84.0 cm³/mol. The van der Waals surface area contributed by atoms with E-state index < -0.39 is 0 Å². The molecule has 2 aliphatic heterocycles. The number of likely N-dealkylation sites (tertiary alicyclic amines) is 1. The number of nitrogens with zero attached hydrogens (tertiary/aromatic N) is 3. The largest absolute Gasteiger partial charge is 0.395 e. The van der Waals surface area contributed by atoms with Gasteiger partial charge in [0.2, 0.25) is 0 Å². The van der Waals surface area contributed by atoms with Crippen molar-refractivity contribution in [3.63, 3.8) is 0 Å². The molecule has 4 nitrogen and oxygen atoms in total. The zero-order valence-electron chi connectivity index (χ0n) is 11.7. The van der Waals surface area contributed by atoms with Crippen molar-refractivity contribution in [1.29, 1.82) is 0 Å². The summed E-state index contributed by atoms with van der Waals surface area (Å²) < 4.78 is 1.04. The SMILES string of the molecule is OC[C@@H]1CCCN1C[C@H]1CCCN1c1cncc(Br)c1. The Morgan fingerprint density at radius 1 is 1.20 bits per heavy atom. The first-order chi connectivity index (χ1) is 9.78. The Labute approximate surface area is 128 Å². The Bertz CT molecular complexity index is 456. The summed E-state index contributed by atoms with van der Waals surface area (Å²) in [7, 11) is 0. The lowest BCUT2D eigenvalue weighted by Gasteiger charge is -2.32. The van der Waals surface area contributed by atoms with E-state index in [0.717, 1.165) is 30.5 Å². The normalized spacial score (nSPS) is 27.4. The van der Waals surface area contributed by atoms with E-state index in [9.17, 15) is 5.11 Å². The molecule has 3 heterocycles. The highest BCUT2D eigenvalue weighted by Crippen LogP contribution is 2.29. The minimum Gasteiger partial charge on any atom is -0.395 e. The second-order valence-corrected chi connectivity index (χ2v) is 6.74. The van der Waals surface area contributed by atoms with E-state index in [1.807, 2.05) is 12.4 Å². The van der Waals surface area contributed by atoms with Gasteiger partial charge in [0.05, 0.1) is 18.5 Å². The summed E-state index contributed by atoms with van der Waals surface area (Å²) in [6.45, 7) is 3.61. The molecule has 2 saturated heterocycles. The molecule has 0 radical (unpaired) electrons. The summed E-state index contributed by atoms with van der Waals surface area (Å²) in [6, 6.07) is 3.08. The van der Waals surface area contributed by atoms with Crippen LogP contribution in [0.1, 0.15) is 25.7 Å². The van der Waals surface area contributed by atoms with Gasteiger partial charge in [-0.3, -0.25) is 9.88 Å². The molecule has 0 aromatic carbocycles. The first kappa shape index (κ1) is 14.3. The summed E-state index contributed by atoms with van der Waals surface area (Å²) in [6.07, 6.45) is 8.63. The maximum absolute atomic E-state index is 9.46. The highest BCUT2D eigenvalue weighted by molar-refractivity contribution is 9.10. The zero-order valence-corrected chi connectivity index (χ0v) is 13.3. The van der Waals surface area contributed by atoms with E-state index in [0.29, 0.717) is 18.7 Å². The van der Waals surface area contributed by atoms with Gasteiger partial charge in [0, 0.05) is 35.8 Å². The molecule has 3 rings (SSSR count). The van der Waals surface area contributed by atoms with Gasteiger partial charge in [-0.05, 0) is 54.2 Å². The molecular formula is C15H22BrN3O. The summed E-state index contributed by atoms with van der Waals surface area (Å²) in [5.74, 6) is 0. The minimum atomic E-state index is 0.297. The van der Waals surface area contributed by atoms with Crippen LogP contribution in [0.4, 0.5) is 5.69 Å². The van der Waals surface area contributed by atoms with Gasteiger partial charge >= 0.3 is 0 Å². The van der Waals surface area contributed by atoms with Crippen molar-refractivity contribution in [2.45, 2.75) is 37.8 Å². The molecule has 2 aliphatic rings. The van der Waals surface area contributed by atoms with E-state index in [1.165, 1.54) is 24.9 Å². The first-order valence-electron chi connectivity index (χ1n) is 7.50. The van der Waals surface area contributed by atoms with Crippen molar-refractivity contribution in [2.24, 2.45) is 0 Å². The van der Waals surface area contributed by atoms with Gasteiger partial charge in [0.25, 0.3) is 0 Å². The standard InChI is InChI=1S/C15H22BrN3O/c16-12-7-15(9-17-8-12)19-6-2-3-13(19)10-18-5-1-4-14(18)11-20/h7-9,13-14,20H,1-6,10-11H2/t13-,14+/m1/s1. The molecule has 2 atom stereocenters. The monoisotopic (exact) mass is 339 g/mol. The number of aromatic nitrogens is 1. The number of pyridine rings is 1. The number of hydrogen-bond acceptors (Lipinski definition) is 4. The molecule has 0 amide bonds. The number of hydrogen-bond donors (Lipinski definition) is 1. The molecule has 0 spiro atoms. The highest BCUT2D eigenvalue weighted by Gasteiger charge is 2.31. The van der Waals surface area contributed by atoms with Crippen LogP contribution in [0, 0.1) is 0 Å². The molecule has 110 valence electrons. The van der Waals surface area contributed by atoms with Gasteiger partial charge in [0.15, 0.2) is 0 Å². The third-order valence-electron chi connectivity index (χ3n) is 4.55. The lowest BCUT2D eigenvalue weighted by atomic mass is 10.1. The Kier molecular flexibility index (Phi) is 4.58. The summed E-state index contributed by atoms with van der Waals surface area (Å²) in [5, 5.41) is 9.46. The van der Waals surface area contributed by atoms with Gasteiger partial charge in [0.1, 0.15) is 0 Å². The summed E-state index contributed by atoms with van der Waals surface area (Å²) in [4.78, 5) is 9.23. The maximum Gasteiger partial charge on any atom is 0.0586 e. The highest BCUT2D eigenvalue weighted by atomic mass is 79.9. The van der Waals surface area contributed by atoms with Crippen molar-refractivity contribution in [3.05, 3.63) is 22.9 Å². The fourth-order valence-electron chi connectivity index (χ4n) is 3.54. The molecule has 0 aliphatic carbocycles. The van der Waals surface area contributed by atoms with Gasteiger partial charge in [-0.2, -0.15) is 0 Å². The van der Waals surface area contributed by atoms with Crippen LogP contribution in [0.25, 0.3) is 0 Å². The quantitative estimate of drug-likeness (QED) is 0.913. The van der Waals surface area contributed by atoms with Crippen molar-refractivity contribution < 1.29 is 5.11 Å². The average molecular weight is 340 g/mol. The van der Waals surface area contributed by atoms with Gasteiger partial charge in [-0.1, -0.05) is 0 Å². The van der Waals surface area contributed by atoms with Gasteiger partial charge in [-0.15, -0.1) is 0 Å². The van der Waals surface area contributed by atoms with E-state index in [1.54, 1.807) is 0 Å². The molecular weight excluding hydrogens is 318 g/mol. The van der Waals surface area contributed by atoms with Crippen LogP contribution in [0.2, 0.25) is 0 Å². The molecule has 1 aromatic rings. The zero-order chi connectivity index (χ0) is 13.9. The Morgan fingerprint density at radius 3 is 2.80 bits per heavy atom. The minimum absolute atomic E-state index is 0.297. The topological polar surface area (TPSA) is 39.6 Å². The second-order valence-electron chi connectivity index (χ2n) is 5.82. The van der Waals surface area contributed by atoms with Crippen LogP contribution >= 0.6 is 15.9 Å². The lowest BCUT2D eigenvalue weighted by molar-refractivity contribution is 0.153. The Balaban J connectivity index is 1.69. The van der Waals surface area contributed by atoms with Crippen LogP contribution in [0.5, 0.6) is 0 Å². The van der Waals surface area contributed by atoms with Crippen molar-refractivity contribution in [3.8, 4) is 0 Å². The van der Waals surface area contributed by atoms with Crippen LogP contribution in [0.15, 0.2) is 22.9 Å².